The van der Waals surface area contributed by atoms with Crippen molar-refractivity contribution in [3.8, 4) is 11.5 Å². The zero-order chi connectivity index (χ0) is 14.9. The maximum Gasteiger partial charge on any atom is 0.167 e. The number of hydrogen-bond donors (Lipinski definition) is 1. The summed E-state index contributed by atoms with van der Waals surface area (Å²) in [5.41, 5.74) is 0.972. The monoisotopic (exact) mass is 291 g/mol. The number of rotatable bonds is 3. The van der Waals surface area contributed by atoms with Crippen LogP contribution in [0.25, 0.3) is 0 Å². The maximum atomic E-state index is 9.28. The lowest BCUT2D eigenvalue weighted by Crippen LogP contribution is -2.55. The molecule has 0 amide bonds. The Labute approximate surface area is 126 Å². The van der Waals surface area contributed by atoms with Gasteiger partial charge in [-0.05, 0) is 43.7 Å². The highest BCUT2D eigenvalue weighted by atomic mass is 16.5. The van der Waals surface area contributed by atoms with Crippen molar-refractivity contribution in [1.82, 2.24) is 4.90 Å². The summed E-state index contributed by atoms with van der Waals surface area (Å²) in [5, 5.41) is 9.28. The van der Waals surface area contributed by atoms with E-state index in [2.05, 4.69) is 17.9 Å². The molecule has 1 fully saturated rings. The molecule has 116 valence electrons. The molecule has 0 aromatic heterocycles. The third-order valence-corrected chi connectivity index (χ3v) is 5.00. The number of aliphatic hydroxyl groups is 1. The molecule has 2 heterocycles. The van der Waals surface area contributed by atoms with Crippen LogP contribution in [-0.4, -0.2) is 42.5 Å². The Balaban J connectivity index is 1.78. The van der Waals surface area contributed by atoms with Gasteiger partial charge in [0.15, 0.2) is 17.2 Å². The summed E-state index contributed by atoms with van der Waals surface area (Å²) >= 11 is 0. The van der Waals surface area contributed by atoms with Crippen molar-refractivity contribution in [3.63, 3.8) is 0 Å². The van der Waals surface area contributed by atoms with Crippen LogP contribution in [0.15, 0.2) is 18.2 Å². The van der Waals surface area contributed by atoms with E-state index in [1.807, 2.05) is 12.1 Å². The Hall–Kier alpha value is -1.26. The molecule has 1 atom stereocenters. The van der Waals surface area contributed by atoms with Crippen LogP contribution in [0.5, 0.6) is 11.5 Å². The topological polar surface area (TPSA) is 41.9 Å². The van der Waals surface area contributed by atoms with Crippen molar-refractivity contribution in [2.75, 3.05) is 26.8 Å². The van der Waals surface area contributed by atoms with E-state index in [1.165, 1.54) is 5.56 Å². The summed E-state index contributed by atoms with van der Waals surface area (Å²) in [5.74, 6) is 2.18. The normalized spacial score (nSPS) is 27.0. The molecule has 0 bridgehead atoms. The molecule has 2 aliphatic heterocycles. The number of benzene rings is 1. The third-order valence-electron chi connectivity index (χ3n) is 5.00. The van der Waals surface area contributed by atoms with E-state index in [9.17, 15) is 5.11 Å². The van der Waals surface area contributed by atoms with Crippen LogP contribution >= 0.6 is 0 Å². The van der Waals surface area contributed by atoms with Gasteiger partial charge >= 0.3 is 0 Å². The smallest absolute Gasteiger partial charge is 0.167 e. The maximum absolute atomic E-state index is 9.28. The standard InChI is InChI=1S/C17H25NO3/c1-17(18-10-7-13(12-19)8-11-18)9-6-14-4-3-5-15(20-2)16(14)21-17/h3-5,13,19H,6-12H2,1-2H3. The molecule has 0 spiro atoms. The first-order chi connectivity index (χ1) is 10.2. The molecule has 3 rings (SSSR count). The Morgan fingerprint density at radius 1 is 1.38 bits per heavy atom. The molecule has 4 nitrogen and oxygen atoms in total. The lowest BCUT2D eigenvalue weighted by Gasteiger charge is -2.47. The molecule has 1 N–H and O–H groups in total. The molecule has 0 aliphatic carbocycles. The first-order valence-electron chi connectivity index (χ1n) is 7.87. The van der Waals surface area contributed by atoms with Crippen molar-refractivity contribution in [2.45, 2.75) is 38.3 Å². The Bertz CT molecular complexity index is 483. The molecule has 4 heteroatoms. The minimum absolute atomic E-state index is 0.262. The van der Waals surface area contributed by atoms with Crippen LogP contribution in [0, 0.1) is 5.92 Å². The summed E-state index contributed by atoms with van der Waals surface area (Å²) in [7, 11) is 1.69. The fraction of sp³-hybridized carbons (Fsp3) is 0.647. The minimum atomic E-state index is -0.262. The van der Waals surface area contributed by atoms with Gasteiger partial charge in [0, 0.05) is 26.1 Å². The highest BCUT2D eigenvalue weighted by Gasteiger charge is 2.40. The van der Waals surface area contributed by atoms with Gasteiger partial charge in [0.25, 0.3) is 0 Å². The molecule has 1 aromatic carbocycles. The molecule has 2 aliphatic rings. The van der Waals surface area contributed by atoms with Gasteiger partial charge in [-0.3, -0.25) is 4.90 Å². The Morgan fingerprint density at radius 3 is 2.81 bits per heavy atom. The van der Waals surface area contributed by atoms with E-state index in [1.54, 1.807) is 7.11 Å². The minimum Gasteiger partial charge on any atom is -0.493 e. The second-order valence-corrected chi connectivity index (χ2v) is 6.34. The van der Waals surface area contributed by atoms with E-state index in [4.69, 9.17) is 9.47 Å². The number of nitrogens with zero attached hydrogens (tertiary/aromatic N) is 1. The summed E-state index contributed by atoms with van der Waals surface area (Å²) in [4.78, 5) is 2.43. The van der Waals surface area contributed by atoms with Crippen LogP contribution in [0.2, 0.25) is 0 Å². The number of para-hydroxylation sites is 1. The molecular formula is C17H25NO3. The van der Waals surface area contributed by atoms with Crippen molar-refractivity contribution in [2.24, 2.45) is 5.92 Å². The van der Waals surface area contributed by atoms with Gasteiger partial charge in [-0.1, -0.05) is 12.1 Å². The van der Waals surface area contributed by atoms with Crippen molar-refractivity contribution in [1.29, 1.82) is 0 Å². The van der Waals surface area contributed by atoms with Crippen LogP contribution < -0.4 is 9.47 Å². The molecule has 1 saturated heterocycles. The zero-order valence-electron chi connectivity index (χ0n) is 13.0. The highest BCUT2D eigenvalue weighted by Crippen LogP contribution is 2.42. The van der Waals surface area contributed by atoms with Gasteiger partial charge in [-0.15, -0.1) is 0 Å². The van der Waals surface area contributed by atoms with Crippen molar-refractivity contribution < 1.29 is 14.6 Å². The van der Waals surface area contributed by atoms with Crippen LogP contribution in [0.1, 0.15) is 31.7 Å². The molecule has 0 saturated carbocycles. The second kappa shape index (κ2) is 5.85. The molecule has 1 unspecified atom stereocenters. The second-order valence-electron chi connectivity index (χ2n) is 6.34. The fourth-order valence-electron chi connectivity index (χ4n) is 3.48. The van der Waals surface area contributed by atoms with Crippen LogP contribution in [-0.2, 0) is 6.42 Å². The largest absolute Gasteiger partial charge is 0.493 e. The van der Waals surface area contributed by atoms with Gasteiger partial charge < -0.3 is 14.6 Å². The lowest BCUT2D eigenvalue weighted by molar-refractivity contribution is -0.101. The van der Waals surface area contributed by atoms with Gasteiger partial charge in [-0.25, -0.2) is 0 Å². The number of aryl methyl sites for hydroxylation is 1. The molecule has 21 heavy (non-hydrogen) atoms. The average molecular weight is 291 g/mol. The first-order valence-corrected chi connectivity index (χ1v) is 7.87. The number of likely N-dealkylation sites (tertiary alicyclic amines) is 1. The number of methoxy groups -OCH3 is 1. The van der Waals surface area contributed by atoms with Gasteiger partial charge in [0.2, 0.25) is 0 Å². The number of ether oxygens (including phenoxy) is 2. The SMILES string of the molecule is COc1cccc2c1OC(C)(N1CCC(CO)CC1)CC2. The highest BCUT2D eigenvalue weighted by molar-refractivity contribution is 5.48. The predicted octanol–water partition coefficient (Wildman–Crippen LogP) is 2.44. The van der Waals surface area contributed by atoms with Crippen molar-refractivity contribution >= 4 is 0 Å². The van der Waals surface area contributed by atoms with E-state index in [-0.39, 0.29) is 5.72 Å². The van der Waals surface area contributed by atoms with Crippen molar-refractivity contribution in [3.05, 3.63) is 23.8 Å². The Kier molecular flexibility index (Phi) is 4.09. The zero-order valence-corrected chi connectivity index (χ0v) is 13.0. The third kappa shape index (κ3) is 2.74. The number of aliphatic hydroxyl groups excluding tert-OH is 1. The quantitative estimate of drug-likeness (QED) is 0.929. The van der Waals surface area contributed by atoms with E-state index < -0.39 is 0 Å². The number of hydrogen-bond acceptors (Lipinski definition) is 4. The Morgan fingerprint density at radius 2 is 2.14 bits per heavy atom. The first kappa shape index (κ1) is 14.7. The van der Waals surface area contributed by atoms with Gasteiger partial charge in [-0.2, -0.15) is 0 Å². The molecule has 0 radical (unpaired) electrons. The average Bonchev–Trinajstić information content (AvgIpc) is 2.54. The van der Waals surface area contributed by atoms with E-state index in [0.29, 0.717) is 12.5 Å². The fourth-order valence-corrected chi connectivity index (χ4v) is 3.48. The van der Waals surface area contributed by atoms with Gasteiger partial charge in [0.1, 0.15) is 0 Å². The lowest BCUT2D eigenvalue weighted by atomic mass is 9.92. The van der Waals surface area contributed by atoms with E-state index in [0.717, 1.165) is 50.3 Å². The molecular weight excluding hydrogens is 266 g/mol. The van der Waals surface area contributed by atoms with Gasteiger partial charge in [0.05, 0.1) is 7.11 Å². The number of fused-ring (bicyclic) bond motifs is 1. The van der Waals surface area contributed by atoms with E-state index >= 15 is 0 Å². The summed E-state index contributed by atoms with van der Waals surface area (Å²) in [6, 6.07) is 6.11. The summed E-state index contributed by atoms with van der Waals surface area (Å²) in [6.07, 6.45) is 4.11. The molecule has 1 aromatic rings. The number of piperidine rings is 1. The van der Waals surface area contributed by atoms with Crippen LogP contribution in [0.4, 0.5) is 0 Å². The van der Waals surface area contributed by atoms with Crippen LogP contribution in [0.3, 0.4) is 0 Å². The summed E-state index contributed by atoms with van der Waals surface area (Å²) in [6.45, 7) is 4.47. The summed E-state index contributed by atoms with van der Waals surface area (Å²) < 4.78 is 11.8. The predicted molar refractivity (Wildman–Crippen MR) is 81.7 cm³/mol.